The van der Waals surface area contributed by atoms with Gasteiger partial charge < -0.3 is 5.32 Å². The summed E-state index contributed by atoms with van der Waals surface area (Å²) in [6.45, 7) is 2.00. The Hall–Kier alpha value is -2.35. The number of carbonyl (C=O) groups is 1. The molecule has 0 atom stereocenters. The van der Waals surface area contributed by atoms with Crippen molar-refractivity contribution >= 4 is 17.7 Å². The van der Waals surface area contributed by atoms with E-state index in [1.165, 1.54) is 6.08 Å². The van der Waals surface area contributed by atoms with Crippen LogP contribution >= 0.6 is 0 Å². The maximum Gasteiger partial charge on any atom is 0.248 e. The van der Waals surface area contributed by atoms with Crippen LogP contribution in [0.4, 0.5) is 5.69 Å². The van der Waals surface area contributed by atoms with Crippen molar-refractivity contribution in [3.63, 3.8) is 0 Å². The van der Waals surface area contributed by atoms with Gasteiger partial charge in [-0.2, -0.15) is 0 Å². The molecule has 1 amide bonds. The molecular weight excluding hydrogens is 222 g/mol. The van der Waals surface area contributed by atoms with Crippen LogP contribution in [0.15, 0.2) is 60.7 Å². The van der Waals surface area contributed by atoms with Gasteiger partial charge in [0.2, 0.25) is 5.91 Å². The fourth-order valence-corrected chi connectivity index (χ4v) is 1.64. The minimum Gasteiger partial charge on any atom is -0.323 e. The summed E-state index contributed by atoms with van der Waals surface area (Å²) >= 11 is 0. The van der Waals surface area contributed by atoms with Crippen LogP contribution in [0, 0.1) is 6.92 Å². The number of hydrogen-bond donors (Lipinski definition) is 1. The Morgan fingerprint density at radius 1 is 1.06 bits per heavy atom. The molecule has 0 spiro atoms. The van der Waals surface area contributed by atoms with E-state index in [9.17, 15) is 4.79 Å². The largest absolute Gasteiger partial charge is 0.323 e. The molecule has 2 heteroatoms. The molecule has 2 aromatic carbocycles. The topological polar surface area (TPSA) is 29.1 Å². The van der Waals surface area contributed by atoms with E-state index in [0.717, 1.165) is 16.8 Å². The van der Waals surface area contributed by atoms with Crippen molar-refractivity contribution in [1.29, 1.82) is 0 Å². The van der Waals surface area contributed by atoms with Gasteiger partial charge in [0.05, 0.1) is 0 Å². The summed E-state index contributed by atoms with van der Waals surface area (Å²) in [5, 5.41) is 2.83. The van der Waals surface area contributed by atoms with Crippen molar-refractivity contribution in [2.24, 2.45) is 0 Å². The Bertz CT molecular complexity index is 558. The molecule has 0 saturated carbocycles. The van der Waals surface area contributed by atoms with Gasteiger partial charge >= 0.3 is 0 Å². The predicted octanol–water partition coefficient (Wildman–Crippen LogP) is 3.65. The zero-order valence-corrected chi connectivity index (χ0v) is 10.3. The highest BCUT2D eigenvalue weighted by atomic mass is 16.1. The van der Waals surface area contributed by atoms with Gasteiger partial charge in [0.25, 0.3) is 0 Å². The van der Waals surface area contributed by atoms with Gasteiger partial charge in [-0.3, -0.25) is 4.79 Å². The van der Waals surface area contributed by atoms with Crippen molar-refractivity contribution in [2.45, 2.75) is 6.92 Å². The van der Waals surface area contributed by atoms with Crippen LogP contribution in [-0.4, -0.2) is 5.91 Å². The predicted molar refractivity (Wildman–Crippen MR) is 75.3 cm³/mol. The minimum absolute atomic E-state index is 0.121. The van der Waals surface area contributed by atoms with Gasteiger partial charge in [-0.1, -0.05) is 42.5 Å². The number of rotatable bonds is 3. The molecular formula is C16H15NO. The molecule has 0 saturated heterocycles. The number of nitrogens with one attached hydrogen (secondary N) is 1. The summed E-state index contributed by atoms with van der Waals surface area (Å²) in [6.07, 6.45) is 3.34. The summed E-state index contributed by atoms with van der Waals surface area (Å²) in [6, 6.07) is 17.5. The average molecular weight is 237 g/mol. The number of anilines is 1. The Morgan fingerprint density at radius 3 is 2.56 bits per heavy atom. The summed E-state index contributed by atoms with van der Waals surface area (Å²) < 4.78 is 0. The molecule has 0 fully saturated rings. The third-order valence-electron chi connectivity index (χ3n) is 2.51. The van der Waals surface area contributed by atoms with E-state index in [0.29, 0.717) is 0 Å². The lowest BCUT2D eigenvalue weighted by Gasteiger charge is -2.02. The molecule has 0 unspecified atom stereocenters. The van der Waals surface area contributed by atoms with Crippen LogP contribution in [0.25, 0.3) is 6.08 Å². The average Bonchev–Trinajstić information content (AvgIpc) is 2.38. The van der Waals surface area contributed by atoms with E-state index in [2.05, 4.69) is 5.32 Å². The third-order valence-corrected chi connectivity index (χ3v) is 2.51. The quantitative estimate of drug-likeness (QED) is 0.811. The van der Waals surface area contributed by atoms with E-state index in [1.807, 2.05) is 61.5 Å². The smallest absolute Gasteiger partial charge is 0.248 e. The number of amides is 1. The van der Waals surface area contributed by atoms with Gasteiger partial charge in [-0.15, -0.1) is 0 Å². The highest BCUT2D eigenvalue weighted by Gasteiger charge is 1.97. The van der Waals surface area contributed by atoms with Gasteiger partial charge in [0.1, 0.15) is 0 Å². The van der Waals surface area contributed by atoms with E-state index in [1.54, 1.807) is 6.08 Å². The van der Waals surface area contributed by atoms with Gasteiger partial charge in [-0.05, 0) is 36.3 Å². The maximum absolute atomic E-state index is 11.7. The first-order valence-corrected chi connectivity index (χ1v) is 5.85. The summed E-state index contributed by atoms with van der Waals surface area (Å²) in [5.41, 5.74) is 2.95. The first kappa shape index (κ1) is 12.1. The summed E-state index contributed by atoms with van der Waals surface area (Å²) in [5.74, 6) is -0.121. The molecule has 0 bridgehead atoms. The first-order valence-electron chi connectivity index (χ1n) is 5.85. The number of hydrogen-bond acceptors (Lipinski definition) is 1. The van der Waals surface area contributed by atoms with Gasteiger partial charge in [0.15, 0.2) is 0 Å². The molecule has 0 radical (unpaired) electrons. The lowest BCUT2D eigenvalue weighted by Crippen LogP contribution is -2.07. The normalized spacial score (nSPS) is 10.5. The Morgan fingerprint density at radius 2 is 1.83 bits per heavy atom. The van der Waals surface area contributed by atoms with E-state index >= 15 is 0 Å². The van der Waals surface area contributed by atoms with Crippen molar-refractivity contribution in [1.82, 2.24) is 0 Å². The van der Waals surface area contributed by atoms with Crippen molar-refractivity contribution in [3.8, 4) is 0 Å². The molecule has 0 aliphatic rings. The van der Waals surface area contributed by atoms with Gasteiger partial charge in [0, 0.05) is 11.8 Å². The van der Waals surface area contributed by atoms with Gasteiger partial charge in [-0.25, -0.2) is 0 Å². The van der Waals surface area contributed by atoms with Crippen LogP contribution in [0.1, 0.15) is 11.1 Å². The van der Waals surface area contributed by atoms with E-state index < -0.39 is 0 Å². The molecule has 18 heavy (non-hydrogen) atoms. The molecule has 2 rings (SSSR count). The molecule has 1 N–H and O–H groups in total. The van der Waals surface area contributed by atoms with Crippen LogP contribution in [0.3, 0.4) is 0 Å². The van der Waals surface area contributed by atoms with Crippen molar-refractivity contribution in [3.05, 3.63) is 71.8 Å². The second kappa shape index (κ2) is 5.82. The number of carbonyl (C=O) groups excluding carboxylic acids is 1. The highest BCUT2D eigenvalue weighted by molar-refractivity contribution is 6.01. The number of benzene rings is 2. The third kappa shape index (κ3) is 3.59. The molecule has 2 nitrogen and oxygen atoms in total. The molecule has 0 aliphatic carbocycles. The maximum atomic E-state index is 11.7. The molecule has 90 valence electrons. The van der Waals surface area contributed by atoms with Crippen molar-refractivity contribution in [2.75, 3.05) is 5.32 Å². The number of aryl methyl sites for hydroxylation is 1. The summed E-state index contributed by atoms with van der Waals surface area (Å²) in [7, 11) is 0. The standard InChI is InChI=1S/C16H15NO/c1-13-6-5-9-15(12-13)17-16(18)11-10-14-7-3-2-4-8-14/h2-12H,1H3,(H,17,18)/b11-10-. The fraction of sp³-hybridized carbons (Fsp3) is 0.0625. The molecule has 0 heterocycles. The van der Waals surface area contributed by atoms with Crippen LogP contribution in [0.5, 0.6) is 0 Å². The first-order chi connectivity index (χ1) is 8.74. The SMILES string of the molecule is Cc1cccc(NC(=O)/C=C\c2ccccc2)c1. The molecule has 0 aliphatic heterocycles. The minimum atomic E-state index is -0.121. The zero-order valence-electron chi connectivity index (χ0n) is 10.3. The Balaban J connectivity index is 1.99. The highest BCUT2D eigenvalue weighted by Crippen LogP contribution is 2.09. The zero-order chi connectivity index (χ0) is 12.8. The Kier molecular flexibility index (Phi) is 3.92. The van der Waals surface area contributed by atoms with Crippen LogP contribution < -0.4 is 5.32 Å². The lowest BCUT2D eigenvalue weighted by molar-refractivity contribution is -0.111. The second-order valence-electron chi connectivity index (χ2n) is 4.10. The molecule has 2 aromatic rings. The van der Waals surface area contributed by atoms with Crippen LogP contribution in [0.2, 0.25) is 0 Å². The summed E-state index contributed by atoms with van der Waals surface area (Å²) in [4.78, 5) is 11.7. The second-order valence-corrected chi connectivity index (χ2v) is 4.10. The van der Waals surface area contributed by atoms with Crippen LogP contribution in [-0.2, 0) is 4.79 Å². The fourth-order valence-electron chi connectivity index (χ4n) is 1.64. The van der Waals surface area contributed by atoms with Crippen molar-refractivity contribution < 1.29 is 4.79 Å². The van der Waals surface area contributed by atoms with E-state index in [-0.39, 0.29) is 5.91 Å². The monoisotopic (exact) mass is 237 g/mol. The lowest BCUT2D eigenvalue weighted by atomic mass is 10.2. The van der Waals surface area contributed by atoms with E-state index in [4.69, 9.17) is 0 Å². The Labute approximate surface area is 107 Å². The molecule has 0 aromatic heterocycles.